The van der Waals surface area contributed by atoms with Gasteiger partial charge in [0.25, 0.3) is 5.95 Å². The summed E-state index contributed by atoms with van der Waals surface area (Å²) in [7, 11) is 1.85. The molecule has 1 aromatic heterocycles. The van der Waals surface area contributed by atoms with Gasteiger partial charge in [0.2, 0.25) is 5.91 Å². The number of hydrogen-bond donors (Lipinski definition) is 3. The molecule has 1 heterocycles. The third kappa shape index (κ3) is 3.75. The van der Waals surface area contributed by atoms with E-state index in [1.54, 1.807) is 0 Å². The van der Waals surface area contributed by atoms with Crippen molar-refractivity contribution in [1.29, 1.82) is 0 Å². The van der Waals surface area contributed by atoms with Crippen LogP contribution in [-0.4, -0.2) is 39.7 Å². The summed E-state index contributed by atoms with van der Waals surface area (Å²) in [5.41, 5.74) is 6.44. The number of likely N-dealkylation sites (N-methyl/N-ethyl adjacent to an activating group) is 1. The highest BCUT2D eigenvalue weighted by Crippen LogP contribution is 2.10. The second-order valence-corrected chi connectivity index (χ2v) is 4.23. The summed E-state index contributed by atoms with van der Waals surface area (Å²) in [6.07, 6.45) is 0. The number of tetrazole rings is 1. The van der Waals surface area contributed by atoms with Crippen molar-refractivity contribution in [2.24, 2.45) is 0 Å². The molecule has 4 N–H and O–H groups in total. The lowest BCUT2D eigenvalue weighted by Gasteiger charge is -2.17. The Kier molecular flexibility index (Phi) is 4.61. The highest BCUT2D eigenvalue weighted by molar-refractivity contribution is 5.75. The van der Waals surface area contributed by atoms with Crippen LogP contribution in [0.3, 0.4) is 0 Å². The van der Waals surface area contributed by atoms with Crippen molar-refractivity contribution in [2.75, 3.05) is 19.3 Å². The molecule has 106 valence electrons. The van der Waals surface area contributed by atoms with Crippen LogP contribution < -0.4 is 16.4 Å². The van der Waals surface area contributed by atoms with Crippen LogP contribution in [0.25, 0.3) is 0 Å². The number of amides is 1. The topological polar surface area (TPSA) is 111 Å². The monoisotopic (exact) mass is 275 g/mol. The van der Waals surface area contributed by atoms with Crippen molar-refractivity contribution in [1.82, 2.24) is 30.8 Å². The normalized spacial score (nSPS) is 12.1. The fraction of sp³-hybridized carbons (Fsp3) is 0.333. The van der Waals surface area contributed by atoms with Crippen molar-refractivity contribution in [2.45, 2.75) is 12.6 Å². The molecule has 1 aromatic carbocycles. The van der Waals surface area contributed by atoms with Crippen LogP contribution in [0.1, 0.15) is 11.6 Å². The molecule has 0 aliphatic rings. The highest BCUT2D eigenvalue weighted by Gasteiger charge is 2.11. The third-order valence-corrected chi connectivity index (χ3v) is 2.81. The lowest BCUT2D eigenvalue weighted by molar-refractivity contribution is -0.122. The average molecular weight is 275 g/mol. The zero-order valence-electron chi connectivity index (χ0n) is 11.2. The maximum Gasteiger partial charge on any atom is 0.260 e. The molecule has 1 unspecified atom stereocenters. The van der Waals surface area contributed by atoms with Gasteiger partial charge in [0.1, 0.15) is 6.54 Å². The van der Waals surface area contributed by atoms with Crippen molar-refractivity contribution < 1.29 is 4.79 Å². The van der Waals surface area contributed by atoms with E-state index in [-0.39, 0.29) is 24.4 Å². The molecule has 2 rings (SSSR count). The first kappa shape index (κ1) is 13.9. The number of anilines is 1. The first-order valence-corrected chi connectivity index (χ1v) is 6.21. The minimum atomic E-state index is -0.196. The van der Waals surface area contributed by atoms with E-state index in [0.717, 1.165) is 10.4 Å². The molecule has 20 heavy (non-hydrogen) atoms. The van der Waals surface area contributed by atoms with Gasteiger partial charge in [-0.05, 0) is 17.8 Å². The number of hydrogen-bond acceptors (Lipinski definition) is 6. The van der Waals surface area contributed by atoms with E-state index in [1.165, 1.54) is 0 Å². The van der Waals surface area contributed by atoms with Gasteiger partial charge >= 0.3 is 0 Å². The van der Waals surface area contributed by atoms with Crippen LogP contribution in [-0.2, 0) is 11.3 Å². The molecule has 0 aliphatic carbocycles. The van der Waals surface area contributed by atoms with Gasteiger partial charge in [0, 0.05) is 12.6 Å². The Morgan fingerprint density at radius 1 is 1.40 bits per heavy atom. The summed E-state index contributed by atoms with van der Waals surface area (Å²) >= 11 is 0. The molecule has 1 amide bonds. The summed E-state index contributed by atoms with van der Waals surface area (Å²) in [5.74, 6) is -0.145. The van der Waals surface area contributed by atoms with E-state index < -0.39 is 0 Å². The summed E-state index contributed by atoms with van der Waals surface area (Å²) in [4.78, 5) is 12.9. The molecule has 2 aromatic rings. The zero-order chi connectivity index (χ0) is 14.4. The SMILES string of the molecule is CNC(CNC(=O)Cn1nnc(N)n1)c1ccccc1. The van der Waals surface area contributed by atoms with Gasteiger partial charge in [-0.3, -0.25) is 4.79 Å². The fourth-order valence-electron chi connectivity index (χ4n) is 1.79. The molecule has 0 saturated carbocycles. The van der Waals surface area contributed by atoms with Gasteiger partial charge < -0.3 is 16.4 Å². The number of benzene rings is 1. The number of nitrogens with zero attached hydrogens (tertiary/aromatic N) is 4. The smallest absolute Gasteiger partial charge is 0.260 e. The molecule has 0 spiro atoms. The van der Waals surface area contributed by atoms with Gasteiger partial charge in [-0.25, -0.2) is 0 Å². The summed E-state index contributed by atoms with van der Waals surface area (Å²) in [5, 5.41) is 16.9. The Morgan fingerprint density at radius 3 is 2.75 bits per heavy atom. The van der Waals surface area contributed by atoms with E-state index >= 15 is 0 Å². The highest BCUT2D eigenvalue weighted by atomic mass is 16.2. The molecular formula is C12H17N7O. The van der Waals surface area contributed by atoms with Crippen LogP contribution >= 0.6 is 0 Å². The molecule has 8 heteroatoms. The maximum atomic E-state index is 11.8. The number of carbonyl (C=O) groups is 1. The van der Waals surface area contributed by atoms with Gasteiger partial charge in [-0.15, -0.1) is 5.10 Å². The number of aromatic nitrogens is 4. The van der Waals surface area contributed by atoms with Gasteiger partial charge in [0.15, 0.2) is 0 Å². The molecule has 0 radical (unpaired) electrons. The number of carbonyl (C=O) groups excluding carboxylic acids is 1. The second-order valence-electron chi connectivity index (χ2n) is 4.23. The fourth-order valence-corrected chi connectivity index (χ4v) is 1.79. The Morgan fingerprint density at radius 2 is 2.15 bits per heavy atom. The number of nitrogens with one attached hydrogen (secondary N) is 2. The van der Waals surface area contributed by atoms with E-state index in [0.29, 0.717) is 6.54 Å². The zero-order valence-corrected chi connectivity index (χ0v) is 11.2. The van der Waals surface area contributed by atoms with Gasteiger partial charge in [-0.1, -0.05) is 35.4 Å². The summed E-state index contributed by atoms with van der Waals surface area (Å²) < 4.78 is 0. The largest absolute Gasteiger partial charge is 0.365 e. The molecular weight excluding hydrogens is 258 g/mol. The first-order valence-electron chi connectivity index (χ1n) is 6.21. The minimum Gasteiger partial charge on any atom is -0.365 e. The van der Waals surface area contributed by atoms with E-state index in [1.807, 2.05) is 37.4 Å². The Balaban J connectivity index is 1.85. The predicted octanol–water partition coefficient (Wildman–Crippen LogP) is -0.668. The second kappa shape index (κ2) is 6.62. The quantitative estimate of drug-likeness (QED) is 0.645. The minimum absolute atomic E-state index is 0.00454. The lowest BCUT2D eigenvalue weighted by atomic mass is 10.1. The predicted molar refractivity (Wildman–Crippen MR) is 73.5 cm³/mol. The number of nitrogen functional groups attached to an aromatic ring is 1. The Hall–Kier alpha value is -2.48. The standard InChI is InChI=1S/C12H17N7O/c1-14-10(9-5-3-2-4-6-9)7-15-11(20)8-19-17-12(13)16-18-19/h2-6,10,14H,7-8H2,1H3,(H2,13,17)(H,15,20). The average Bonchev–Trinajstić information content (AvgIpc) is 2.86. The molecule has 1 atom stereocenters. The van der Waals surface area contributed by atoms with E-state index in [4.69, 9.17) is 5.73 Å². The van der Waals surface area contributed by atoms with Crippen LogP contribution in [0, 0.1) is 0 Å². The van der Waals surface area contributed by atoms with E-state index in [9.17, 15) is 4.79 Å². The van der Waals surface area contributed by atoms with Crippen LogP contribution in [0.2, 0.25) is 0 Å². The lowest BCUT2D eigenvalue weighted by Crippen LogP contribution is -2.35. The van der Waals surface area contributed by atoms with E-state index in [2.05, 4.69) is 26.0 Å². The van der Waals surface area contributed by atoms with Crippen molar-refractivity contribution in [3.63, 3.8) is 0 Å². The third-order valence-electron chi connectivity index (χ3n) is 2.81. The van der Waals surface area contributed by atoms with Gasteiger partial charge in [-0.2, -0.15) is 4.80 Å². The Bertz CT molecular complexity index is 554. The van der Waals surface area contributed by atoms with Crippen molar-refractivity contribution >= 4 is 11.9 Å². The molecule has 8 nitrogen and oxygen atoms in total. The summed E-state index contributed by atoms with van der Waals surface area (Å²) in [6.45, 7) is 0.471. The van der Waals surface area contributed by atoms with Crippen molar-refractivity contribution in [3.05, 3.63) is 35.9 Å². The first-order chi connectivity index (χ1) is 9.69. The van der Waals surface area contributed by atoms with Crippen LogP contribution in [0.4, 0.5) is 5.95 Å². The summed E-state index contributed by atoms with van der Waals surface area (Å²) in [6, 6.07) is 9.94. The number of nitrogens with two attached hydrogens (primary N) is 1. The molecule has 0 fully saturated rings. The van der Waals surface area contributed by atoms with Crippen LogP contribution in [0.5, 0.6) is 0 Å². The maximum absolute atomic E-state index is 11.8. The molecule has 0 aliphatic heterocycles. The molecule has 0 saturated heterocycles. The number of rotatable bonds is 6. The van der Waals surface area contributed by atoms with Crippen LogP contribution in [0.15, 0.2) is 30.3 Å². The molecule has 0 bridgehead atoms. The van der Waals surface area contributed by atoms with Crippen molar-refractivity contribution in [3.8, 4) is 0 Å². The Labute approximate surface area is 116 Å². The van der Waals surface area contributed by atoms with Gasteiger partial charge in [0.05, 0.1) is 0 Å².